The Kier molecular flexibility index (Phi) is 7.07. The van der Waals surface area contributed by atoms with E-state index in [0.29, 0.717) is 6.04 Å². The van der Waals surface area contributed by atoms with E-state index in [0.717, 1.165) is 29.7 Å². The van der Waals surface area contributed by atoms with Gasteiger partial charge in [0.15, 0.2) is 0 Å². The highest BCUT2D eigenvalue weighted by Crippen LogP contribution is 2.27. The quantitative estimate of drug-likeness (QED) is 0.834. The van der Waals surface area contributed by atoms with Crippen LogP contribution in [0, 0.1) is 0 Å². The molecule has 100 valence electrons. The number of thioether (sulfide) groups is 2. The molecule has 0 aromatic rings. The molecule has 3 nitrogen and oxygen atoms in total. The van der Waals surface area contributed by atoms with Gasteiger partial charge in [-0.15, -0.1) is 24.2 Å². The first-order valence-electron chi connectivity index (χ1n) is 5.94. The molecular weight excluding hydrogens is 276 g/mol. The number of amides is 1. The summed E-state index contributed by atoms with van der Waals surface area (Å²) in [6, 6.07) is 0.450. The first-order valence-corrected chi connectivity index (χ1v) is 8.38. The van der Waals surface area contributed by atoms with Gasteiger partial charge in [-0.1, -0.05) is 6.42 Å². The van der Waals surface area contributed by atoms with Crippen LogP contribution in [0.3, 0.4) is 0 Å². The first kappa shape index (κ1) is 15.5. The van der Waals surface area contributed by atoms with E-state index in [2.05, 4.69) is 16.9 Å². The summed E-state index contributed by atoms with van der Waals surface area (Å²) in [4.78, 5) is 11.9. The third kappa shape index (κ3) is 4.54. The summed E-state index contributed by atoms with van der Waals surface area (Å²) in [7, 11) is 0. The molecule has 3 unspecified atom stereocenters. The number of carbonyl (C=O) groups excluding carboxylic acids is 1. The number of nitrogens with one attached hydrogen (secondary N) is 2. The molecule has 1 aliphatic carbocycles. The maximum Gasteiger partial charge on any atom is 0.238 e. The topological polar surface area (TPSA) is 41.1 Å². The molecule has 6 heteroatoms. The van der Waals surface area contributed by atoms with Crippen molar-refractivity contribution in [2.75, 3.05) is 17.9 Å². The Labute approximate surface area is 118 Å². The third-order valence-electron chi connectivity index (χ3n) is 3.34. The Hall–Kier alpha value is 0.420. The highest BCUT2D eigenvalue weighted by molar-refractivity contribution is 7.99. The van der Waals surface area contributed by atoms with E-state index in [1.165, 1.54) is 12.8 Å². The van der Waals surface area contributed by atoms with Gasteiger partial charge in [-0.25, -0.2) is 0 Å². The highest BCUT2D eigenvalue weighted by Gasteiger charge is 2.27. The van der Waals surface area contributed by atoms with Gasteiger partial charge in [-0.05, 0) is 25.5 Å². The SMILES string of the molecule is CSC1CCCC(NC(=O)C2CSCN2)C1.Cl. The summed E-state index contributed by atoms with van der Waals surface area (Å²) in [6.45, 7) is 0. The van der Waals surface area contributed by atoms with Crippen molar-refractivity contribution in [3.05, 3.63) is 0 Å². The van der Waals surface area contributed by atoms with Gasteiger partial charge in [0, 0.05) is 22.9 Å². The molecule has 2 rings (SSSR count). The summed E-state index contributed by atoms with van der Waals surface area (Å²) in [5.74, 6) is 2.04. The molecule has 2 N–H and O–H groups in total. The first-order chi connectivity index (χ1) is 7.79. The van der Waals surface area contributed by atoms with Gasteiger partial charge in [0.05, 0.1) is 6.04 Å². The van der Waals surface area contributed by atoms with Crippen molar-refractivity contribution in [1.82, 2.24) is 10.6 Å². The molecule has 0 radical (unpaired) electrons. The van der Waals surface area contributed by atoms with Crippen LogP contribution in [0.2, 0.25) is 0 Å². The van der Waals surface area contributed by atoms with Crippen LogP contribution in [-0.4, -0.2) is 41.1 Å². The van der Waals surface area contributed by atoms with E-state index >= 15 is 0 Å². The molecule has 2 aliphatic rings. The van der Waals surface area contributed by atoms with Gasteiger partial charge in [-0.3, -0.25) is 10.1 Å². The van der Waals surface area contributed by atoms with Crippen LogP contribution in [0.25, 0.3) is 0 Å². The van der Waals surface area contributed by atoms with Gasteiger partial charge in [0.25, 0.3) is 0 Å². The Morgan fingerprint density at radius 1 is 1.47 bits per heavy atom. The van der Waals surface area contributed by atoms with Crippen LogP contribution >= 0.6 is 35.9 Å². The van der Waals surface area contributed by atoms with Crippen molar-refractivity contribution in [3.8, 4) is 0 Å². The summed E-state index contributed by atoms with van der Waals surface area (Å²) >= 11 is 3.74. The molecule has 17 heavy (non-hydrogen) atoms. The minimum Gasteiger partial charge on any atom is -0.352 e. The minimum atomic E-state index is 0. The van der Waals surface area contributed by atoms with Crippen LogP contribution < -0.4 is 10.6 Å². The molecule has 1 heterocycles. The zero-order chi connectivity index (χ0) is 11.4. The predicted molar refractivity (Wildman–Crippen MR) is 79.2 cm³/mol. The van der Waals surface area contributed by atoms with E-state index in [1.807, 2.05) is 11.8 Å². The average Bonchev–Trinajstić information content (AvgIpc) is 2.83. The Balaban J connectivity index is 0.00000144. The Bertz CT molecular complexity index is 250. The van der Waals surface area contributed by atoms with Crippen molar-refractivity contribution in [1.29, 1.82) is 0 Å². The fourth-order valence-electron chi connectivity index (χ4n) is 2.36. The maximum absolute atomic E-state index is 11.9. The summed E-state index contributed by atoms with van der Waals surface area (Å²) in [5, 5.41) is 7.15. The summed E-state index contributed by atoms with van der Waals surface area (Å²) in [5.41, 5.74) is 0. The summed E-state index contributed by atoms with van der Waals surface area (Å²) in [6.07, 6.45) is 7.04. The second-order valence-electron chi connectivity index (χ2n) is 4.50. The van der Waals surface area contributed by atoms with Gasteiger partial charge >= 0.3 is 0 Å². The van der Waals surface area contributed by atoms with Crippen LogP contribution in [-0.2, 0) is 4.79 Å². The molecule has 3 atom stereocenters. The number of hydrogen-bond donors (Lipinski definition) is 2. The normalized spacial score (nSPS) is 32.9. The fourth-order valence-corrected chi connectivity index (χ4v) is 4.12. The molecule has 0 aromatic heterocycles. The van der Waals surface area contributed by atoms with Gasteiger partial charge in [0.1, 0.15) is 0 Å². The largest absolute Gasteiger partial charge is 0.352 e. The van der Waals surface area contributed by atoms with Gasteiger partial charge < -0.3 is 5.32 Å². The number of hydrogen-bond acceptors (Lipinski definition) is 4. The molecule has 1 saturated heterocycles. The molecular formula is C11H21ClN2OS2. The smallest absolute Gasteiger partial charge is 0.238 e. The second-order valence-corrected chi connectivity index (χ2v) is 6.67. The van der Waals surface area contributed by atoms with Crippen molar-refractivity contribution in [2.45, 2.75) is 43.0 Å². The highest BCUT2D eigenvalue weighted by atomic mass is 35.5. The van der Waals surface area contributed by atoms with Crippen LogP contribution in [0.4, 0.5) is 0 Å². The summed E-state index contributed by atoms with van der Waals surface area (Å²) < 4.78 is 0. The van der Waals surface area contributed by atoms with Crippen LogP contribution in [0.15, 0.2) is 0 Å². The van der Waals surface area contributed by atoms with Crippen molar-refractivity contribution in [3.63, 3.8) is 0 Å². The third-order valence-corrected chi connectivity index (χ3v) is 5.37. The van der Waals surface area contributed by atoms with E-state index in [9.17, 15) is 4.79 Å². The zero-order valence-corrected chi connectivity index (χ0v) is 12.6. The lowest BCUT2D eigenvalue weighted by Crippen LogP contribution is -2.47. The number of rotatable bonds is 3. The lowest BCUT2D eigenvalue weighted by atomic mass is 9.95. The monoisotopic (exact) mass is 296 g/mol. The Morgan fingerprint density at radius 3 is 2.94 bits per heavy atom. The zero-order valence-electron chi connectivity index (χ0n) is 10.1. The van der Waals surface area contributed by atoms with E-state index in [4.69, 9.17) is 0 Å². The van der Waals surface area contributed by atoms with Crippen molar-refractivity contribution < 1.29 is 4.79 Å². The lowest BCUT2D eigenvalue weighted by Gasteiger charge is -2.29. The van der Waals surface area contributed by atoms with E-state index in [-0.39, 0.29) is 24.4 Å². The number of carbonyl (C=O) groups is 1. The molecule has 2 fully saturated rings. The Morgan fingerprint density at radius 2 is 2.29 bits per heavy atom. The van der Waals surface area contributed by atoms with Crippen LogP contribution in [0.1, 0.15) is 25.7 Å². The van der Waals surface area contributed by atoms with Crippen molar-refractivity contribution >= 4 is 41.8 Å². The van der Waals surface area contributed by atoms with Gasteiger partial charge in [0.2, 0.25) is 5.91 Å². The minimum absolute atomic E-state index is 0. The van der Waals surface area contributed by atoms with E-state index < -0.39 is 0 Å². The number of halogens is 1. The van der Waals surface area contributed by atoms with E-state index in [1.54, 1.807) is 11.8 Å². The fraction of sp³-hybridized carbons (Fsp3) is 0.909. The molecule has 1 saturated carbocycles. The van der Waals surface area contributed by atoms with Gasteiger partial charge in [-0.2, -0.15) is 11.8 Å². The predicted octanol–water partition coefficient (Wildman–Crippen LogP) is 1.86. The second kappa shape index (κ2) is 7.77. The maximum atomic E-state index is 11.9. The lowest BCUT2D eigenvalue weighted by molar-refractivity contribution is -0.123. The van der Waals surface area contributed by atoms with Crippen LogP contribution in [0.5, 0.6) is 0 Å². The van der Waals surface area contributed by atoms with Crippen molar-refractivity contribution in [2.24, 2.45) is 0 Å². The standard InChI is InChI=1S/C11H20N2OS2.ClH/c1-15-9-4-2-3-8(5-9)13-11(14)10-6-16-7-12-10;/h8-10,12H,2-7H2,1H3,(H,13,14);1H. The average molecular weight is 297 g/mol. The molecule has 1 aliphatic heterocycles. The molecule has 0 bridgehead atoms. The molecule has 1 amide bonds. The molecule has 0 aromatic carbocycles. The molecule has 0 spiro atoms.